The topological polar surface area (TPSA) is 111 Å². The molecule has 0 aromatic rings. The molecular formula is C6H13N2O5P. The molecule has 1 amide bonds. The van der Waals surface area contributed by atoms with Crippen LogP contribution in [0, 0.1) is 0 Å². The first kappa shape index (κ1) is 13.3. The van der Waals surface area contributed by atoms with Crippen molar-refractivity contribution in [3.8, 4) is 0 Å². The Labute approximate surface area is 81.5 Å². The van der Waals surface area contributed by atoms with Gasteiger partial charge in [0.15, 0.2) is 0 Å². The lowest BCUT2D eigenvalue weighted by molar-refractivity contribution is -0.124. The van der Waals surface area contributed by atoms with E-state index in [1.54, 1.807) is 5.48 Å². The lowest BCUT2D eigenvalue weighted by Gasteiger charge is -2.11. The van der Waals surface area contributed by atoms with Gasteiger partial charge in [-0.05, 0) is 6.92 Å². The standard InChI is InChI=1S/C6H13N2O5P/c1-5(2)6(9)8-13-14(10,11)12-4-3-7/h1,3-4,7H2,2H3,(H,8,9)(H,10,11). The molecule has 0 aliphatic rings. The van der Waals surface area contributed by atoms with Crippen LogP contribution in [0.1, 0.15) is 6.92 Å². The molecule has 0 aliphatic carbocycles. The number of nitrogens with two attached hydrogens (primary N) is 1. The van der Waals surface area contributed by atoms with Crippen LogP contribution in [0.3, 0.4) is 0 Å². The van der Waals surface area contributed by atoms with Crippen LogP contribution in [-0.2, 0) is 18.5 Å². The number of hydrogen-bond acceptors (Lipinski definition) is 5. The third-order valence-electron chi connectivity index (χ3n) is 1.01. The molecule has 0 fully saturated rings. The first-order valence-electron chi connectivity index (χ1n) is 3.71. The Hall–Kier alpha value is -0.720. The number of hydrogen-bond donors (Lipinski definition) is 3. The molecule has 0 saturated carbocycles. The van der Waals surface area contributed by atoms with Crippen LogP contribution < -0.4 is 11.2 Å². The summed E-state index contributed by atoms with van der Waals surface area (Å²) in [6, 6.07) is 0. The number of carbonyl (C=O) groups excluding carboxylic acids is 1. The number of rotatable bonds is 6. The van der Waals surface area contributed by atoms with Gasteiger partial charge >= 0.3 is 7.82 Å². The molecule has 0 aromatic heterocycles. The molecule has 8 heteroatoms. The van der Waals surface area contributed by atoms with Crippen molar-refractivity contribution in [3.63, 3.8) is 0 Å². The van der Waals surface area contributed by atoms with E-state index < -0.39 is 13.7 Å². The molecule has 0 bridgehead atoms. The van der Waals surface area contributed by atoms with E-state index in [1.165, 1.54) is 6.92 Å². The van der Waals surface area contributed by atoms with Gasteiger partial charge in [-0.3, -0.25) is 9.32 Å². The van der Waals surface area contributed by atoms with E-state index in [9.17, 15) is 9.36 Å². The molecule has 1 atom stereocenters. The quantitative estimate of drug-likeness (QED) is 0.324. The first-order chi connectivity index (χ1) is 6.39. The number of nitrogens with one attached hydrogen (secondary N) is 1. The predicted octanol–water partition coefficient (Wildman–Crippen LogP) is -0.314. The normalized spacial score (nSPS) is 14.5. The predicted molar refractivity (Wildman–Crippen MR) is 48.9 cm³/mol. The van der Waals surface area contributed by atoms with E-state index in [2.05, 4.69) is 15.7 Å². The van der Waals surface area contributed by atoms with Crippen molar-refractivity contribution in [1.29, 1.82) is 0 Å². The SMILES string of the molecule is C=C(C)C(=O)NOP(=O)(O)OCCN. The largest absolute Gasteiger partial charge is 0.493 e. The van der Waals surface area contributed by atoms with Crippen molar-refractivity contribution < 1.29 is 23.4 Å². The van der Waals surface area contributed by atoms with Crippen LogP contribution in [0.15, 0.2) is 12.2 Å². The number of amides is 1. The number of phosphoric acid groups is 1. The summed E-state index contributed by atoms with van der Waals surface area (Å²) >= 11 is 0. The smallest absolute Gasteiger partial charge is 0.328 e. The summed E-state index contributed by atoms with van der Waals surface area (Å²) in [5.74, 6) is -0.698. The number of carbonyl (C=O) groups is 1. The van der Waals surface area contributed by atoms with Gasteiger partial charge in [0, 0.05) is 12.1 Å². The summed E-state index contributed by atoms with van der Waals surface area (Å²) in [6.45, 7) is 4.64. The molecule has 14 heavy (non-hydrogen) atoms. The molecule has 0 aliphatic heterocycles. The summed E-state index contributed by atoms with van der Waals surface area (Å²) in [7, 11) is -4.26. The summed E-state index contributed by atoms with van der Waals surface area (Å²) in [4.78, 5) is 19.7. The zero-order valence-corrected chi connectivity index (χ0v) is 8.62. The van der Waals surface area contributed by atoms with Crippen LogP contribution in [-0.4, -0.2) is 24.0 Å². The van der Waals surface area contributed by atoms with Crippen molar-refractivity contribution in [2.45, 2.75) is 6.92 Å². The average molecular weight is 224 g/mol. The molecule has 0 rings (SSSR count). The molecule has 0 spiro atoms. The fraction of sp³-hybridized carbons (Fsp3) is 0.500. The minimum absolute atomic E-state index is 0.0718. The molecule has 7 nitrogen and oxygen atoms in total. The Bertz CT molecular complexity index is 267. The van der Waals surface area contributed by atoms with Crippen molar-refractivity contribution >= 4 is 13.7 Å². The van der Waals surface area contributed by atoms with E-state index in [4.69, 9.17) is 10.6 Å². The van der Waals surface area contributed by atoms with Gasteiger partial charge in [0.1, 0.15) is 0 Å². The van der Waals surface area contributed by atoms with Gasteiger partial charge < -0.3 is 10.6 Å². The molecule has 0 heterocycles. The van der Waals surface area contributed by atoms with Gasteiger partial charge in [-0.1, -0.05) is 6.58 Å². The molecule has 0 aromatic carbocycles. The monoisotopic (exact) mass is 224 g/mol. The Kier molecular flexibility index (Phi) is 5.59. The highest BCUT2D eigenvalue weighted by atomic mass is 31.2. The fourth-order valence-electron chi connectivity index (χ4n) is 0.381. The Balaban J connectivity index is 3.93. The Morgan fingerprint density at radius 2 is 2.29 bits per heavy atom. The molecular weight excluding hydrogens is 211 g/mol. The van der Waals surface area contributed by atoms with Crippen molar-refractivity contribution in [2.24, 2.45) is 5.73 Å². The maximum absolute atomic E-state index is 10.9. The van der Waals surface area contributed by atoms with E-state index >= 15 is 0 Å². The zero-order valence-electron chi connectivity index (χ0n) is 7.73. The Morgan fingerprint density at radius 3 is 2.71 bits per heavy atom. The third-order valence-corrected chi connectivity index (χ3v) is 1.84. The second-order valence-electron chi connectivity index (χ2n) is 2.39. The summed E-state index contributed by atoms with van der Waals surface area (Å²) in [5, 5.41) is 0. The summed E-state index contributed by atoms with van der Waals surface area (Å²) < 4.78 is 19.4. The molecule has 1 unspecified atom stereocenters. The summed E-state index contributed by atoms with van der Waals surface area (Å²) in [5.41, 5.74) is 6.88. The van der Waals surface area contributed by atoms with Crippen LogP contribution in [0.25, 0.3) is 0 Å². The molecule has 0 saturated heterocycles. The third kappa shape index (κ3) is 5.85. The molecule has 0 radical (unpaired) electrons. The molecule has 82 valence electrons. The van der Waals surface area contributed by atoms with Crippen molar-refractivity contribution in [1.82, 2.24) is 5.48 Å². The van der Waals surface area contributed by atoms with Gasteiger partial charge in [-0.25, -0.2) is 10.0 Å². The molecule has 4 N–H and O–H groups in total. The van der Waals surface area contributed by atoms with Gasteiger partial charge in [0.25, 0.3) is 5.91 Å². The maximum Gasteiger partial charge on any atom is 0.493 e. The highest BCUT2D eigenvalue weighted by Crippen LogP contribution is 2.41. The van der Waals surface area contributed by atoms with Gasteiger partial charge in [0.2, 0.25) is 0 Å². The maximum atomic E-state index is 10.9. The Morgan fingerprint density at radius 1 is 1.71 bits per heavy atom. The second kappa shape index (κ2) is 5.90. The van der Waals surface area contributed by atoms with E-state index in [0.29, 0.717) is 0 Å². The minimum Gasteiger partial charge on any atom is -0.328 e. The second-order valence-corrected chi connectivity index (χ2v) is 3.77. The lowest BCUT2D eigenvalue weighted by Crippen LogP contribution is -2.23. The lowest BCUT2D eigenvalue weighted by atomic mass is 10.3. The van der Waals surface area contributed by atoms with Crippen molar-refractivity contribution in [2.75, 3.05) is 13.2 Å². The zero-order chi connectivity index (χ0) is 11.2. The van der Waals surface area contributed by atoms with E-state index in [0.717, 1.165) is 0 Å². The average Bonchev–Trinajstić information content (AvgIpc) is 2.11. The van der Waals surface area contributed by atoms with Gasteiger partial charge in [-0.15, -0.1) is 0 Å². The minimum atomic E-state index is -4.26. The van der Waals surface area contributed by atoms with E-state index in [-0.39, 0.29) is 18.7 Å². The first-order valence-corrected chi connectivity index (χ1v) is 5.20. The van der Waals surface area contributed by atoms with Crippen molar-refractivity contribution in [3.05, 3.63) is 12.2 Å². The summed E-state index contributed by atoms with van der Waals surface area (Å²) in [6.07, 6.45) is 0. The fourth-order valence-corrected chi connectivity index (χ4v) is 0.968. The number of phosphoric ester groups is 1. The van der Waals surface area contributed by atoms with Crippen LogP contribution in [0.4, 0.5) is 0 Å². The van der Waals surface area contributed by atoms with Crippen LogP contribution >= 0.6 is 7.82 Å². The highest BCUT2D eigenvalue weighted by Gasteiger charge is 2.22. The van der Waals surface area contributed by atoms with Gasteiger partial charge in [-0.2, -0.15) is 4.62 Å². The van der Waals surface area contributed by atoms with Gasteiger partial charge in [0.05, 0.1) is 6.61 Å². The van der Waals surface area contributed by atoms with Crippen LogP contribution in [0.5, 0.6) is 0 Å². The number of hydroxylamine groups is 1. The van der Waals surface area contributed by atoms with E-state index in [1.807, 2.05) is 0 Å². The van der Waals surface area contributed by atoms with Crippen LogP contribution in [0.2, 0.25) is 0 Å². The highest BCUT2D eigenvalue weighted by molar-refractivity contribution is 7.47.